The predicted octanol–water partition coefficient (Wildman–Crippen LogP) is 2.51. The van der Waals surface area contributed by atoms with Gasteiger partial charge in [0.15, 0.2) is 0 Å². The molecule has 98 valence electrons. The Kier molecular flexibility index (Phi) is 4.13. The van der Waals surface area contributed by atoms with E-state index in [-0.39, 0.29) is 5.84 Å². The zero-order chi connectivity index (χ0) is 13.7. The van der Waals surface area contributed by atoms with Gasteiger partial charge in [-0.15, -0.1) is 0 Å². The van der Waals surface area contributed by atoms with Gasteiger partial charge in [-0.25, -0.2) is 0 Å². The summed E-state index contributed by atoms with van der Waals surface area (Å²) in [5.74, 6) is 0.825. The molecule has 0 aliphatic rings. The second kappa shape index (κ2) is 6.00. The second-order valence-corrected chi connectivity index (χ2v) is 4.17. The number of amidine groups is 1. The molecule has 0 spiro atoms. The van der Waals surface area contributed by atoms with Crippen LogP contribution in [0, 0.1) is 5.41 Å². The molecule has 1 heterocycles. The van der Waals surface area contributed by atoms with Gasteiger partial charge < -0.3 is 10.5 Å². The number of ether oxygens (including phenoxy) is 1. The summed E-state index contributed by atoms with van der Waals surface area (Å²) in [4.78, 5) is 4.10. The van der Waals surface area contributed by atoms with Crippen LogP contribution in [0.5, 0.6) is 5.75 Å². The Balaban J connectivity index is 2.17. The Morgan fingerprint density at radius 1 is 1.21 bits per heavy atom. The van der Waals surface area contributed by atoms with E-state index in [1.807, 2.05) is 36.4 Å². The Morgan fingerprint density at radius 3 is 2.68 bits per heavy atom. The number of para-hydroxylation sites is 1. The highest BCUT2D eigenvalue weighted by Gasteiger charge is 2.08. The van der Waals surface area contributed by atoms with Gasteiger partial charge in [-0.3, -0.25) is 10.4 Å². The monoisotopic (exact) mass is 255 g/mol. The van der Waals surface area contributed by atoms with Gasteiger partial charge in [-0.05, 0) is 24.1 Å². The number of benzene rings is 1. The molecule has 2 rings (SSSR count). The van der Waals surface area contributed by atoms with Gasteiger partial charge in [0.25, 0.3) is 0 Å². The molecule has 0 saturated carbocycles. The molecule has 0 atom stereocenters. The number of pyridine rings is 1. The Hall–Kier alpha value is -2.36. The zero-order valence-corrected chi connectivity index (χ0v) is 10.9. The number of nitrogen functional groups attached to an aromatic ring is 1. The molecule has 0 bridgehead atoms. The molecule has 0 aliphatic heterocycles. The third-order valence-electron chi connectivity index (χ3n) is 2.88. The fourth-order valence-electron chi connectivity index (χ4n) is 1.89. The van der Waals surface area contributed by atoms with E-state index in [2.05, 4.69) is 11.9 Å². The van der Waals surface area contributed by atoms with Crippen molar-refractivity contribution >= 4 is 5.84 Å². The van der Waals surface area contributed by atoms with Crippen LogP contribution >= 0.6 is 0 Å². The quantitative estimate of drug-likeness (QED) is 0.637. The molecule has 0 saturated heterocycles. The minimum atomic E-state index is -0.0389. The van der Waals surface area contributed by atoms with Crippen LogP contribution in [0.25, 0.3) is 0 Å². The first-order chi connectivity index (χ1) is 9.22. The van der Waals surface area contributed by atoms with Crippen molar-refractivity contribution in [3.8, 4) is 5.75 Å². The average Bonchev–Trinajstić information content (AvgIpc) is 2.45. The van der Waals surface area contributed by atoms with Gasteiger partial charge in [-0.2, -0.15) is 0 Å². The molecule has 0 radical (unpaired) electrons. The van der Waals surface area contributed by atoms with E-state index in [1.165, 1.54) is 0 Å². The number of hydrogen-bond acceptors (Lipinski definition) is 3. The van der Waals surface area contributed by atoms with Crippen LogP contribution < -0.4 is 10.5 Å². The third kappa shape index (κ3) is 3.10. The van der Waals surface area contributed by atoms with Gasteiger partial charge in [0.2, 0.25) is 0 Å². The van der Waals surface area contributed by atoms with Crippen LogP contribution in [-0.4, -0.2) is 10.8 Å². The molecular weight excluding hydrogens is 238 g/mol. The van der Waals surface area contributed by atoms with Crippen molar-refractivity contribution in [2.75, 3.05) is 0 Å². The van der Waals surface area contributed by atoms with Crippen LogP contribution in [0.15, 0.2) is 42.6 Å². The zero-order valence-electron chi connectivity index (χ0n) is 10.9. The van der Waals surface area contributed by atoms with Gasteiger partial charge in [0.05, 0.1) is 0 Å². The van der Waals surface area contributed by atoms with E-state index < -0.39 is 0 Å². The van der Waals surface area contributed by atoms with Crippen LogP contribution in [0.2, 0.25) is 0 Å². The largest absolute Gasteiger partial charge is 0.489 e. The minimum absolute atomic E-state index is 0.0389. The summed E-state index contributed by atoms with van der Waals surface area (Å²) in [5, 5.41) is 7.50. The molecule has 2 aromatic rings. The number of nitrogens with zero attached hydrogens (tertiary/aromatic N) is 1. The van der Waals surface area contributed by atoms with E-state index in [1.54, 1.807) is 6.20 Å². The van der Waals surface area contributed by atoms with Gasteiger partial charge in [0.1, 0.15) is 23.9 Å². The summed E-state index contributed by atoms with van der Waals surface area (Å²) in [7, 11) is 0. The molecular formula is C15H17N3O. The van der Waals surface area contributed by atoms with Crippen molar-refractivity contribution in [3.63, 3.8) is 0 Å². The van der Waals surface area contributed by atoms with Crippen LogP contribution in [0.1, 0.15) is 23.7 Å². The highest BCUT2D eigenvalue weighted by molar-refractivity contribution is 5.94. The number of hydrogen-bond donors (Lipinski definition) is 2. The van der Waals surface area contributed by atoms with Crippen molar-refractivity contribution in [3.05, 3.63) is 59.4 Å². The summed E-state index contributed by atoms with van der Waals surface area (Å²) < 4.78 is 5.81. The minimum Gasteiger partial charge on any atom is -0.489 e. The Bertz CT molecular complexity index is 581. The molecule has 0 amide bonds. The topological polar surface area (TPSA) is 72.0 Å². The van der Waals surface area contributed by atoms with Crippen molar-refractivity contribution in [1.29, 1.82) is 5.41 Å². The smallest absolute Gasteiger partial charge is 0.142 e. The highest BCUT2D eigenvalue weighted by Crippen LogP contribution is 2.20. The van der Waals surface area contributed by atoms with Crippen molar-refractivity contribution in [2.45, 2.75) is 20.0 Å². The highest BCUT2D eigenvalue weighted by atomic mass is 16.5. The van der Waals surface area contributed by atoms with Crippen LogP contribution in [-0.2, 0) is 13.0 Å². The van der Waals surface area contributed by atoms with Crippen molar-refractivity contribution < 1.29 is 4.74 Å². The molecule has 19 heavy (non-hydrogen) atoms. The summed E-state index contributed by atoms with van der Waals surface area (Å²) in [6.07, 6.45) is 2.54. The Labute approximate surface area is 112 Å². The van der Waals surface area contributed by atoms with Crippen molar-refractivity contribution in [1.82, 2.24) is 4.98 Å². The standard InChI is InChI=1S/C15H17N3O/c1-2-11-6-3-4-8-13(11)19-10-12-7-5-9-18-14(12)15(16)17/h3-9H,2,10H2,1H3,(H3,16,17). The SMILES string of the molecule is CCc1ccccc1OCc1cccnc1C(=N)N. The molecule has 1 aromatic heterocycles. The maximum absolute atomic E-state index is 7.50. The van der Waals surface area contributed by atoms with E-state index in [0.29, 0.717) is 12.3 Å². The fourth-order valence-corrected chi connectivity index (χ4v) is 1.89. The Morgan fingerprint density at radius 2 is 1.95 bits per heavy atom. The first-order valence-corrected chi connectivity index (χ1v) is 6.21. The summed E-state index contributed by atoms with van der Waals surface area (Å²) in [5.41, 5.74) is 7.97. The van der Waals surface area contributed by atoms with Crippen molar-refractivity contribution in [2.24, 2.45) is 5.73 Å². The molecule has 0 aliphatic carbocycles. The fraction of sp³-hybridized carbons (Fsp3) is 0.200. The number of nitrogens with two attached hydrogens (primary N) is 1. The summed E-state index contributed by atoms with van der Waals surface area (Å²) >= 11 is 0. The maximum Gasteiger partial charge on any atom is 0.142 e. The summed E-state index contributed by atoms with van der Waals surface area (Å²) in [6.45, 7) is 2.45. The lowest BCUT2D eigenvalue weighted by Crippen LogP contribution is -2.16. The molecule has 1 aromatic carbocycles. The first-order valence-electron chi connectivity index (χ1n) is 6.21. The predicted molar refractivity (Wildman–Crippen MR) is 75.4 cm³/mol. The average molecular weight is 255 g/mol. The lowest BCUT2D eigenvalue weighted by Gasteiger charge is -2.12. The summed E-state index contributed by atoms with van der Waals surface area (Å²) in [6, 6.07) is 11.6. The maximum atomic E-state index is 7.50. The number of aryl methyl sites for hydroxylation is 1. The lowest BCUT2D eigenvalue weighted by atomic mass is 10.1. The third-order valence-corrected chi connectivity index (χ3v) is 2.88. The van der Waals surface area contributed by atoms with Gasteiger partial charge in [0, 0.05) is 11.8 Å². The van der Waals surface area contributed by atoms with Gasteiger partial charge in [-0.1, -0.05) is 31.2 Å². The molecule has 3 N–H and O–H groups in total. The number of aromatic nitrogens is 1. The van der Waals surface area contributed by atoms with E-state index in [4.69, 9.17) is 15.9 Å². The number of nitrogens with one attached hydrogen (secondary N) is 1. The molecule has 4 nitrogen and oxygen atoms in total. The molecule has 0 unspecified atom stereocenters. The lowest BCUT2D eigenvalue weighted by molar-refractivity contribution is 0.302. The number of rotatable bonds is 5. The van der Waals surface area contributed by atoms with Gasteiger partial charge >= 0.3 is 0 Å². The van der Waals surface area contributed by atoms with E-state index in [0.717, 1.165) is 23.3 Å². The molecule has 4 heteroatoms. The van der Waals surface area contributed by atoms with E-state index in [9.17, 15) is 0 Å². The molecule has 0 fully saturated rings. The first kappa shape index (κ1) is 13.1. The normalized spacial score (nSPS) is 10.2. The van der Waals surface area contributed by atoms with Crippen LogP contribution in [0.4, 0.5) is 0 Å². The van der Waals surface area contributed by atoms with E-state index >= 15 is 0 Å². The second-order valence-electron chi connectivity index (χ2n) is 4.17. The van der Waals surface area contributed by atoms with Crippen LogP contribution in [0.3, 0.4) is 0 Å².